The summed E-state index contributed by atoms with van der Waals surface area (Å²) >= 11 is 1.78. The largest absolute Gasteiger partial charge is 0.308 e. The number of benzene rings is 1. The Labute approximate surface area is 91.3 Å². The van der Waals surface area contributed by atoms with Crippen LogP contribution in [0.25, 0.3) is 0 Å². The molecule has 0 radical (unpaired) electrons. The van der Waals surface area contributed by atoms with Crippen LogP contribution in [-0.4, -0.2) is 11.8 Å². The minimum absolute atomic E-state index is 0.193. The second-order valence-electron chi connectivity index (χ2n) is 4.45. The van der Waals surface area contributed by atoms with E-state index in [1.54, 1.807) is 11.8 Å². The van der Waals surface area contributed by atoms with E-state index in [2.05, 4.69) is 56.6 Å². The number of thioether (sulfide) groups is 1. The van der Waals surface area contributed by atoms with Crippen LogP contribution in [0.5, 0.6) is 0 Å². The fourth-order valence-electron chi connectivity index (χ4n) is 1.11. The fourth-order valence-corrected chi connectivity index (χ4v) is 1.52. The molecular weight excluding hydrogens is 190 g/mol. The van der Waals surface area contributed by atoms with Crippen molar-refractivity contribution >= 4 is 11.8 Å². The maximum absolute atomic E-state index is 3.47. The average Bonchev–Trinajstić information content (AvgIpc) is 2.14. The molecule has 0 aliphatic rings. The third kappa shape index (κ3) is 4.16. The van der Waals surface area contributed by atoms with Crippen LogP contribution in [0.2, 0.25) is 0 Å². The maximum Gasteiger partial charge on any atom is 0.0210 e. The van der Waals surface area contributed by atoms with Gasteiger partial charge in [-0.3, -0.25) is 0 Å². The van der Waals surface area contributed by atoms with Crippen molar-refractivity contribution in [1.82, 2.24) is 5.32 Å². The third-order valence-electron chi connectivity index (χ3n) is 1.98. The average molecular weight is 209 g/mol. The SMILES string of the molecule is CSc1ccc(CNC(C)(C)C)cc1. The summed E-state index contributed by atoms with van der Waals surface area (Å²) in [6.07, 6.45) is 2.10. The first-order chi connectivity index (χ1) is 6.51. The molecule has 1 nitrogen and oxygen atoms in total. The molecule has 0 amide bonds. The molecule has 0 aromatic heterocycles. The van der Waals surface area contributed by atoms with Crippen LogP contribution < -0.4 is 5.32 Å². The summed E-state index contributed by atoms with van der Waals surface area (Å²) in [5.41, 5.74) is 1.54. The quantitative estimate of drug-likeness (QED) is 0.767. The lowest BCUT2D eigenvalue weighted by atomic mass is 10.1. The van der Waals surface area contributed by atoms with Gasteiger partial charge >= 0.3 is 0 Å². The van der Waals surface area contributed by atoms with Gasteiger partial charge in [0.25, 0.3) is 0 Å². The summed E-state index contributed by atoms with van der Waals surface area (Å²) in [7, 11) is 0. The summed E-state index contributed by atoms with van der Waals surface area (Å²) in [6.45, 7) is 7.49. The van der Waals surface area contributed by atoms with Crippen LogP contribution in [0, 0.1) is 0 Å². The number of hydrogen-bond acceptors (Lipinski definition) is 2. The van der Waals surface area contributed by atoms with Crippen LogP contribution in [0.1, 0.15) is 26.3 Å². The van der Waals surface area contributed by atoms with Gasteiger partial charge in [0.1, 0.15) is 0 Å². The van der Waals surface area contributed by atoms with Crippen molar-refractivity contribution in [2.24, 2.45) is 0 Å². The molecule has 0 heterocycles. The zero-order valence-corrected chi connectivity index (χ0v) is 10.2. The van der Waals surface area contributed by atoms with Crippen molar-refractivity contribution in [2.45, 2.75) is 37.8 Å². The third-order valence-corrected chi connectivity index (χ3v) is 2.73. The molecule has 0 spiro atoms. The summed E-state index contributed by atoms with van der Waals surface area (Å²) in [5.74, 6) is 0. The molecule has 1 aromatic carbocycles. The van der Waals surface area contributed by atoms with Gasteiger partial charge in [0.2, 0.25) is 0 Å². The van der Waals surface area contributed by atoms with Gasteiger partial charge in [-0.1, -0.05) is 12.1 Å². The van der Waals surface area contributed by atoms with Crippen molar-refractivity contribution < 1.29 is 0 Å². The van der Waals surface area contributed by atoms with Gasteiger partial charge in [-0.05, 0) is 44.7 Å². The molecule has 0 unspecified atom stereocenters. The van der Waals surface area contributed by atoms with Crippen molar-refractivity contribution in [3.8, 4) is 0 Å². The van der Waals surface area contributed by atoms with Crippen molar-refractivity contribution in [2.75, 3.05) is 6.26 Å². The number of nitrogens with one attached hydrogen (secondary N) is 1. The first kappa shape index (κ1) is 11.6. The molecule has 0 saturated carbocycles. The molecular formula is C12H19NS. The number of hydrogen-bond donors (Lipinski definition) is 1. The predicted molar refractivity (Wildman–Crippen MR) is 64.8 cm³/mol. The van der Waals surface area contributed by atoms with Crippen molar-refractivity contribution in [1.29, 1.82) is 0 Å². The van der Waals surface area contributed by atoms with Gasteiger partial charge in [0, 0.05) is 17.0 Å². The fraction of sp³-hybridized carbons (Fsp3) is 0.500. The van der Waals surface area contributed by atoms with E-state index in [1.165, 1.54) is 10.5 Å². The monoisotopic (exact) mass is 209 g/mol. The molecule has 1 N–H and O–H groups in total. The van der Waals surface area contributed by atoms with E-state index in [4.69, 9.17) is 0 Å². The van der Waals surface area contributed by atoms with Crippen molar-refractivity contribution in [3.63, 3.8) is 0 Å². The van der Waals surface area contributed by atoms with E-state index in [1.807, 2.05) is 0 Å². The Morgan fingerprint density at radius 1 is 1.14 bits per heavy atom. The Bertz CT molecular complexity index is 271. The lowest BCUT2D eigenvalue weighted by Gasteiger charge is -2.20. The molecule has 2 heteroatoms. The van der Waals surface area contributed by atoms with E-state index >= 15 is 0 Å². The minimum Gasteiger partial charge on any atom is -0.308 e. The van der Waals surface area contributed by atoms with Gasteiger partial charge in [0.15, 0.2) is 0 Å². The zero-order chi connectivity index (χ0) is 10.6. The highest BCUT2D eigenvalue weighted by atomic mass is 32.2. The minimum atomic E-state index is 0.193. The molecule has 0 fully saturated rings. The molecule has 0 aliphatic carbocycles. The van der Waals surface area contributed by atoms with Gasteiger partial charge in [0.05, 0.1) is 0 Å². The Hall–Kier alpha value is -0.470. The van der Waals surface area contributed by atoms with E-state index in [0.29, 0.717) is 0 Å². The predicted octanol–water partition coefficient (Wildman–Crippen LogP) is 3.30. The molecule has 14 heavy (non-hydrogen) atoms. The highest BCUT2D eigenvalue weighted by Crippen LogP contribution is 2.15. The first-order valence-electron chi connectivity index (χ1n) is 4.89. The van der Waals surface area contributed by atoms with Crippen LogP contribution in [-0.2, 0) is 6.54 Å². The zero-order valence-electron chi connectivity index (χ0n) is 9.42. The Morgan fingerprint density at radius 2 is 1.71 bits per heavy atom. The Kier molecular flexibility index (Phi) is 4.02. The van der Waals surface area contributed by atoms with Crippen LogP contribution in [0.15, 0.2) is 29.2 Å². The lowest BCUT2D eigenvalue weighted by Crippen LogP contribution is -2.35. The number of rotatable bonds is 3. The normalized spacial score (nSPS) is 11.7. The Morgan fingerprint density at radius 3 is 2.14 bits per heavy atom. The molecule has 0 bridgehead atoms. The van der Waals surface area contributed by atoms with E-state index in [-0.39, 0.29) is 5.54 Å². The van der Waals surface area contributed by atoms with Crippen LogP contribution >= 0.6 is 11.8 Å². The lowest BCUT2D eigenvalue weighted by molar-refractivity contribution is 0.424. The smallest absolute Gasteiger partial charge is 0.0210 e. The molecule has 78 valence electrons. The second kappa shape index (κ2) is 4.85. The molecule has 0 saturated heterocycles. The van der Waals surface area contributed by atoms with Crippen molar-refractivity contribution in [3.05, 3.63) is 29.8 Å². The summed E-state index contributed by atoms with van der Waals surface area (Å²) in [5, 5.41) is 3.47. The van der Waals surface area contributed by atoms with Gasteiger partial charge < -0.3 is 5.32 Å². The summed E-state index contributed by atoms with van der Waals surface area (Å²) in [6, 6.07) is 8.71. The summed E-state index contributed by atoms with van der Waals surface area (Å²) in [4.78, 5) is 1.32. The van der Waals surface area contributed by atoms with E-state index in [0.717, 1.165) is 6.54 Å². The molecule has 0 atom stereocenters. The standard InChI is InChI=1S/C12H19NS/c1-12(2,3)13-9-10-5-7-11(14-4)8-6-10/h5-8,13H,9H2,1-4H3. The summed E-state index contributed by atoms with van der Waals surface area (Å²) < 4.78 is 0. The van der Waals surface area contributed by atoms with Crippen LogP contribution in [0.3, 0.4) is 0 Å². The highest BCUT2D eigenvalue weighted by Gasteiger charge is 2.07. The van der Waals surface area contributed by atoms with E-state index in [9.17, 15) is 0 Å². The topological polar surface area (TPSA) is 12.0 Å². The molecule has 1 rings (SSSR count). The van der Waals surface area contributed by atoms with Gasteiger partial charge in [-0.25, -0.2) is 0 Å². The first-order valence-corrected chi connectivity index (χ1v) is 6.12. The maximum atomic E-state index is 3.47. The highest BCUT2D eigenvalue weighted by molar-refractivity contribution is 7.98. The molecule has 1 aromatic rings. The molecule has 0 aliphatic heterocycles. The van der Waals surface area contributed by atoms with Gasteiger partial charge in [-0.2, -0.15) is 0 Å². The second-order valence-corrected chi connectivity index (χ2v) is 5.33. The Balaban J connectivity index is 2.52. The van der Waals surface area contributed by atoms with Crippen LogP contribution in [0.4, 0.5) is 0 Å². The van der Waals surface area contributed by atoms with Gasteiger partial charge in [-0.15, -0.1) is 11.8 Å². The van der Waals surface area contributed by atoms with E-state index < -0.39 is 0 Å².